The number of alkyl halides is 3. The molecular formula is C27H30F3N5O2S. The largest absolute Gasteiger partial charge is 0.573 e. The molecule has 0 bridgehead atoms. The van der Waals surface area contributed by atoms with E-state index in [1.165, 1.54) is 24.3 Å². The van der Waals surface area contributed by atoms with Crippen LogP contribution in [0.3, 0.4) is 0 Å². The average Bonchev–Trinajstić information content (AvgIpc) is 2.84. The zero-order valence-electron chi connectivity index (χ0n) is 21.8. The van der Waals surface area contributed by atoms with E-state index in [2.05, 4.69) is 45.5 Å². The Balaban J connectivity index is 1.56. The summed E-state index contributed by atoms with van der Waals surface area (Å²) in [6, 6.07) is 15.4. The molecule has 0 spiro atoms. The van der Waals surface area contributed by atoms with Gasteiger partial charge in [-0.1, -0.05) is 32.0 Å². The molecule has 202 valence electrons. The summed E-state index contributed by atoms with van der Waals surface area (Å²) >= 11 is 5.33. The van der Waals surface area contributed by atoms with Crippen LogP contribution in [0, 0.1) is 13.8 Å². The van der Waals surface area contributed by atoms with Gasteiger partial charge in [-0.3, -0.25) is 5.43 Å². The average molecular weight is 546 g/mol. The van der Waals surface area contributed by atoms with Crippen LogP contribution >= 0.6 is 12.2 Å². The third-order valence-corrected chi connectivity index (χ3v) is 5.70. The zero-order chi connectivity index (χ0) is 27.9. The first kappa shape index (κ1) is 28.7. The second kappa shape index (κ2) is 12.6. The quantitative estimate of drug-likeness (QED) is 0.173. The minimum atomic E-state index is -4.73. The van der Waals surface area contributed by atoms with Crippen molar-refractivity contribution in [2.45, 2.75) is 40.0 Å². The lowest BCUT2D eigenvalue weighted by Crippen LogP contribution is -2.25. The van der Waals surface area contributed by atoms with Crippen LogP contribution in [0.4, 0.5) is 30.4 Å². The van der Waals surface area contributed by atoms with Crippen LogP contribution in [0.5, 0.6) is 11.5 Å². The van der Waals surface area contributed by atoms with Gasteiger partial charge in [0.2, 0.25) is 0 Å². The lowest BCUT2D eigenvalue weighted by atomic mass is 10.0. The fourth-order valence-corrected chi connectivity index (χ4v) is 3.88. The molecule has 0 saturated carbocycles. The number of benzene rings is 2. The highest BCUT2D eigenvalue weighted by atomic mass is 32.1. The molecule has 0 fully saturated rings. The first-order valence-electron chi connectivity index (χ1n) is 11.8. The summed E-state index contributed by atoms with van der Waals surface area (Å²) in [6.45, 7) is 8.13. The number of ether oxygens (including phenoxy) is 2. The molecule has 0 radical (unpaired) electrons. The Bertz CT molecular complexity index is 1260. The Kier molecular flexibility index (Phi) is 9.51. The van der Waals surface area contributed by atoms with E-state index in [1.54, 1.807) is 18.2 Å². The van der Waals surface area contributed by atoms with Crippen molar-refractivity contribution in [3.8, 4) is 11.5 Å². The molecule has 2 N–H and O–H groups in total. The van der Waals surface area contributed by atoms with Gasteiger partial charge in [-0.2, -0.15) is 5.10 Å². The van der Waals surface area contributed by atoms with Crippen LogP contribution in [0.15, 0.2) is 59.7 Å². The van der Waals surface area contributed by atoms with Gasteiger partial charge in [-0.05, 0) is 79.5 Å². The summed E-state index contributed by atoms with van der Waals surface area (Å²) in [4.78, 5) is 6.35. The highest BCUT2D eigenvalue weighted by Crippen LogP contribution is 2.31. The first-order valence-corrected chi connectivity index (χ1v) is 12.2. The van der Waals surface area contributed by atoms with Gasteiger partial charge >= 0.3 is 6.36 Å². The summed E-state index contributed by atoms with van der Waals surface area (Å²) in [5.74, 6) is 1.30. The summed E-state index contributed by atoms with van der Waals surface area (Å²) in [6.07, 6.45) is -3.17. The molecule has 38 heavy (non-hydrogen) atoms. The van der Waals surface area contributed by atoms with Crippen molar-refractivity contribution >= 4 is 40.7 Å². The van der Waals surface area contributed by atoms with Crippen molar-refractivity contribution in [3.63, 3.8) is 0 Å². The smallest absolute Gasteiger partial charge is 0.486 e. The van der Waals surface area contributed by atoms with Crippen molar-refractivity contribution in [1.82, 2.24) is 10.4 Å². The number of anilines is 3. The summed E-state index contributed by atoms with van der Waals surface area (Å²) in [7, 11) is 1.77. The van der Waals surface area contributed by atoms with Crippen LogP contribution in [-0.4, -0.2) is 36.3 Å². The summed E-state index contributed by atoms with van der Waals surface area (Å²) in [5, 5.41) is 7.64. The number of hydrazone groups is 1. The fourth-order valence-electron chi connectivity index (χ4n) is 3.72. The third kappa shape index (κ3) is 8.07. The molecule has 0 atom stereocenters. The number of rotatable bonds is 9. The normalized spacial score (nSPS) is 11.5. The maximum Gasteiger partial charge on any atom is 0.573 e. The molecule has 0 aliphatic carbocycles. The molecule has 0 aliphatic heterocycles. The van der Waals surface area contributed by atoms with E-state index in [4.69, 9.17) is 17.0 Å². The Morgan fingerprint density at radius 3 is 2.45 bits per heavy atom. The van der Waals surface area contributed by atoms with Crippen LogP contribution in [0.25, 0.3) is 0 Å². The molecule has 1 heterocycles. The van der Waals surface area contributed by atoms with E-state index >= 15 is 0 Å². The number of nitrogens with one attached hydrogen (secondary N) is 2. The predicted molar refractivity (Wildman–Crippen MR) is 149 cm³/mol. The third-order valence-electron chi connectivity index (χ3n) is 5.51. The van der Waals surface area contributed by atoms with Gasteiger partial charge < -0.3 is 19.7 Å². The molecule has 2 aromatic carbocycles. The summed E-state index contributed by atoms with van der Waals surface area (Å²) < 4.78 is 47.0. The summed E-state index contributed by atoms with van der Waals surface area (Å²) in [5.41, 5.74) is 7.03. The Hall–Kier alpha value is -3.86. The van der Waals surface area contributed by atoms with Gasteiger partial charge in [0.25, 0.3) is 0 Å². The fraction of sp³-hybridized carbons (Fsp3) is 0.296. The van der Waals surface area contributed by atoms with E-state index in [9.17, 15) is 13.2 Å². The van der Waals surface area contributed by atoms with Crippen molar-refractivity contribution < 1.29 is 22.6 Å². The van der Waals surface area contributed by atoms with Crippen LogP contribution in [0.1, 0.15) is 36.6 Å². The molecule has 11 heteroatoms. The van der Waals surface area contributed by atoms with Crippen molar-refractivity contribution in [2.24, 2.45) is 5.10 Å². The molecule has 1 aromatic heterocycles. The maximum absolute atomic E-state index is 12.4. The number of pyridine rings is 1. The van der Waals surface area contributed by atoms with Crippen LogP contribution < -0.4 is 25.1 Å². The number of halogens is 3. The minimum Gasteiger partial charge on any atom is -0.486 e. The first-order chi connectivity index (χ1) is 17.9. The number of hydrogen-bond acceptors (Lipinski definition) is 6. The highest BCUT2D eigenvalue weighted by Gasteiger charge is 2.31. The number of para-hydroxylation sites is 1. The van der Waals surface area contributed by atoms with Crippen molar-refractivity contribution in [2.75, 3.05) is 23.9 Å². The number of thiocarbonyl (C=S) groups is 1. The SMILES string of the molecule is Cc1cc(N(C)c2ccc(OC(F)(F)F)cc2)nc(C)c1OC/C=N/NC(=S)Nc1ccccc1C(C)C. The lowest BCUT2D eigenvalue weighted by molar-refractivity contribution is -0.274. The molecule has 3 rings (SSSR count). The molecule has 0 aliphatic rings. The number of aromatic nitrogens is 1. The van der Waals surface area contributed by atoms with E-state index in [-0.39, 0.29) is 12.4 Å². The molecule has 0 unspecified atom stereocenters. The molecule has 3 aromatic rings. The zero-order valence-corrected chi connectivity index (χ0v) is 22.6. The Labute approximate surface area is 225 Å². The Morgan fingerprint density at radius 1 is 1.13 bits per heavy atom. The second-order valence-corrected chi connectivity index (χ2v) is 9.15. The maximum atomic E-state index is 12.4. The predicted octanol–water partition coefficient (Wildman–Crippen LogP) is 6.84. The second-order valence-electron chi connectivity index (χ2n) is 8.74. The topological polar surface area (TPSA) is 71.0 Å². The number of nitrogens with zero attached hydrogens (tertiary/aromatic N) is 3. The minimum absolute atomic E-state index is 0.192. The Morgan fingerprint density at radius 2 is 1.82 bits per heavy atom. The molecular weight excluding hydrogens is 515 g/mol. The molecule has 0 saturated heterocycles. The van der Waals surface area contributed by atoms with Gasteiger partial charge in [0.1, 0.15) is 23.9 Å². The standard InChI is InChI=1S/C27H30F3N5O2S/c1-17(2)22-8-6-7-9-23(22)33-26(38)34-31-14-15-36-25-18(3)16-24(32-19(25)4)35(5)20-10-12-21(13-11-20)37-27(28,29)30/h6-14,16-17H,15H2,1-5H3,(H2,33,34,38)/b31-14+. The molecule has 0 amide bonds. The van der Waals surface area contributed by atoms with E-state index < -0.39 is 6.36 Å². The number of hydrogen-bond donors (Lipinski definition) is 2. The van der Waals surface area contributed by atoms with Gasteiger partial charge in [-0.25, -0.2) is 4.98 Å². The van der Waals surface area contributed by atoms with Gasteiger partial charge in [0.05, 0.1) is 11.9 Å². The van der Waals surface area contributed by atoms with E-state index in [0.717, 1.165) is 16.8 Å². The molecule has 7 nitrogen and oxygen atoms in total. The van der Waals surface area contributed by atoms with E-state index in [1.807, 2.05) is 38.1 Å². The van der Waals surface area contributed by atoms with Crippen molar-refractivity contribution in [3.05, 3.63) is 71.4 Å². The van der Waals surface area contributed by atoms with Gasteiger partial charge in [0.15, 0.2) is 5.11 Å². The number of aryl methyl sites for hydroxylation is 2. The monoisotopic (exact) mass is 545 g/mol. The van der Waals surface area contributed by atoms with E-state index in [0.29, 0.717) is 34.0 Å². The highest BCUT2D eigenvalue weighted by molar-refractivity contribution is 7.80. The van der Waals surface area contributed by atoms with Crippen molar-refractivity contribution in [1.29, 1.82) is 0 Å². The van der Waals surface area contributed by atoms with Gasteiger partial charge in [0, 0.05) is 18.4 Å². The van der Waals surface area contributed by atoms with Gasteiger partial charge in [-0.15, -0.1) is 13.2 Å². The van der Waals surface area contributed by atoms with Crippen LogP contribution in [-0.2, 0) is 0 Å². The van der Waals surface area contributed by atoms with Crippen LogP contribution in [0.2, 0.25) is 0 Å². The lowest BCUT2D eigenvalue weighted by Gasteiger charge is -2.21.